The highest BCUT2D eigenvalue weighted by atomic mass is 16.5. The summed E-state index contributed by atoms with van der Waals surface area (Å²) in [7, 11) is 0. The van der Waals surface area contributed by atoms with Gasteiger partial charge in [0.2, 0.25) is 0 Å². The van der Waals surface area contributed by atoms with Crippen molar-refractivity contribution in [1.82, 2.24) is 15.1 Å². The second kappa shape index (κ2) is 8.71. The van der Waals surface area contributed by atoms with Gasteiger partial charge in [-0.3, -0.25) is 9.89 Å². The molecule has 0 saturated carbocycles. The van der Waals surface area contributed by atoms with Crippen LogP contribution in [0.3, 0.4) is 0 Å². The molecule has 0 bridgehead atoms. The molecule has 4 aromatic rings. The van der Waals surface area contributed by atoms with Gasteiger partial charge in [0.25, 0.3) is 5.91 Å². The maximum atomic E-state index is 13.5. The van der Waals surface area contributed by atoms with Crippen molar-refractivity contribution in [1.29, 1.82) is 0 Å². The van der Waals surface area contributed by atoms with Crippen LogP contribution < -0.4 is 4.74 Å². The highest BCUT2D eigenvalue weighted by Gasteiger charge is 2.42. The number of aromatic nitrogens is 2. The van der Waals surface area contributed by atoms with Gasteiger partial charge >= 0.3 is 0 Å². The molecule has 5 nitrogen and oxygen atoms in total. The summed E-state index contributed by atoms with van der Waals surface area (Å²) in [4.78, 5) is 15.4. The molecule has 1 aliphatic rings. The number of H-pyrrole nitrogens is 1. The number of carbonyl (C=O) groups is 1. The average molecular weight is 424 g/mol. The fourth-order valence-corrected chi connectivity index (χ4v) is 4.43. The quantitative estimate of drug-likeness (QED) is 0.441. The average Bonchev–Trinajstić information content (AvgIpc) is 3.38. The summed E-state index contributed by atoms with van der Waals surface area (Å²) in [5, 5.41) is 7.57. The number of ether oxygens (including phenoxy) is 1. The van der Waals surface area contributed by atoms with Crippen LogP contribution in [0.2, 0.25) is 0 Å². The number of carbonyl (C=O) groups excluding carboxylic acids is 1. The fraction of sp³-hybridized carbons (Fsp3) is 0.185. The summed E-state index contributed by atoms with van der Waals surface area (Å²) in [6, 6.07) is 28.1. The van der Waals surface area contributed by atoms with Crippen LogP contribution in [-0.4, -0.2) is 34.2 Å². The Bertz CT molecular complexity index is 1220. The largest absolute Gasteiger partial charge is 0.494 e. The van der Waals surface area contributed by atoms with E-state index >= 15 is 0 Å². The standard InChI is InChI=1S/C27H25N3O2/c1-2-32-22-15-9-14-21(18-22)26-23-24(20-12-7-4-8-13-20)28-29-25(23)27(31)30(26)17-16-19-10-5-3-6-11-19/h3-15,18,26H,2,16-17H2,1H3,(H,28,29). The van der Waals surface area contributed by atoms with E-state index in [4.69, 9.17) is 4.74 Å². The maximum absolute atomic E-state index is 13.5. The second-order valence-electron chi connectivity index (χ2n) is 7.87. The minimum atomic E-state index is -0.226. The van der Waals surface area contributed by atoms with E-state index < -0.39 is 0 Å². The predicted octanol–water partition coefficient (Wildman–Crippen LogP) is 5.26. The third-order valence-electron chi connectivity index (χ3n) is 5.88. The Morgan fingerprint density at radius 3 is 2.47 bits per heavy atom. The van der Waals surface area contributed by atoms with Gasteiger partial charge in [0, 0.05) is 17.7 Å². The smallest absolute Gasteiger partial charge is 0.273 e. The summed E-state index contributed by atoms with van der Waals surface area (Å²) >= 11 is 0. The lowest BCUT2D eigenvalue weighted by Gasteiger charge is -2.27. The molecule has 1 aliphatic heterocycles. The molecule has 0 saturated heterocycles. The topological polar surface area (TPSA) is 58.2 Å². The van der Waals surface area contributed by atoms with Gasteiger partial charge in [-0.05, 0) is 36.6 Å². The molecule has 0 spiro atoms. The SMILES string of the molecule is CCOc1cccc(C2c3c(-c4ccccc4)n[nH]c3C(=O)N2CCc2ccccc2)c1. The van der Waals surface area contributed by atoms with E-state index in [0.29, 0.717) is 18.8 Å². The van der Waals surface area contributed by atoms with E-state index in [1.165, 1.54) is 5.56 Å². The highest BCUT2D eigenvalue weighted by molar-refractivity contribution is 6.00. The molecule has 1 unspecified atom stereocenters. The molecule has 160 valence electrons. The van der Waals surface area contributed by atoms with Crippen molar-refractivity contribution in [3.05, 3.63) is 107 Å². The first-order valence-electron chi connectivity index (χ1n) is 11.0. The number of nitrogens with one attached hydrogen (secondary N) is 1. The van der Waals surface area contributed by atoms with Gasteiger partial charge in [-0.2, -0.15) is 5.10 Å². The van der Waals surface area contributed by atoms with Gasteiger partial charge in [0.15, 0.2) is 0 Å². The Hall–Kier alpha value is -3.86. The van der Waals surface area contributed by atoms with Crippen LogP contribution >= 0.6 is 0 Å². The van der Waals surface area contributed by atoms with Gasteiger partial charge in [-0.25, -0.2) is 0 Å². The third-order valence-corrected chi connectivity index (χ3v) is 5.88. The summed E-state index contributed by atoms with van der Waals surface area (Å²) in [6.45, 7) is 3.18. The Balaban J connectivity index is 1.58. The van der Waals surface area contributed by atoms with E-state index in [0.717, 1.165) is 34.6 Å². The monoisotopic (exact) mass is 423 g/mol. The number of nitrogens with zero attached hydrogens (tertiary/aromatic N) is 2. The summed E-state index contributed by atoms with van der Waals surface area (Å²) in [5.74, 6) is 0.788. The Labute approximate surface area is 187 Å². The number of amides is 1. The zero-order valence-electron chi connectivity index (χ0n) is 18.0. The predicted molar refractivity (Wildman–Crippen MR) is 125 cm³/mol. The van der Waals surface area contributed by atoms with Crippen molar-refractivity contribution >= 4 is 5.91 Å². The third kappa shape index (κ3) is 3.66. The van der Waals surface area contributed by atoms with Crippen LogP contribution in [0.25, 0.3) is 11.3 Å². The van der Waals surface area contributed by atoms with Crippen molar-refractivity contribution in [2.24, 2.45) is 0 Å². The normalized spacial score (nSPS) is 15.1. The van der Waals surface area contributed by atoms with Crippen LogP contribution in [0, 0.1) is 0 Å². The molecule has 1 amide bonds. The van der Waals surface area contributed by atoms with E-state index in [9.17, 15) is 4.79 Å². The zero-order chi connectivity index (χ0) is 21.9. The van der Waals surface area contributed by atoms with Crippen LogP contribution in [-0.2, 0) is 6.42 Å². The lowest BCUT2D eigenvalue weighted by Crippen LogP contribution is -2.31. The van der Waals surface area contributed by atoms with Crippen LogP contribution in [0.4, 0.5) is 0 Å². The van der Waals surface area contributed by atoms with Gasteiger partial charge < -0.3 is 9.64 Å². The van der Waals surface area contributed by atoms with Gasteiger partial charge in [-0.1, -0.05) is 72.8 Å². The second-order valence-corrected chi connectivity index (χ2v) is 7.87. The Kier molecular flexibility index (Phi) is 5.46. The summed E-state index contributed by atoms with van der Waals surface area (Å²) in [6.07, 6.45) is 0.784. The van der Waals surface area contributed by atoms with E-state index in [2.05, 4.69) is 28.4 Å². The Morgan fingerprint density at radius 2 is 1.72 bits per heavy atom. The minimum Gasteiger partial charge on any atom is -0.494 e. The van der Waals surface area contributed by atoms with Crippen molar-refractivity contribution in [2.75, 3.05) is 13.2 Å². The molecule has 3 aromatic carbocycles. The summed E-state index contributed by atoms with van der Waals surface area (Å²) < 4.78 is 5.75. The minimum absolute atomic E-state index is 0.0163. The lowest BCUT2D eigenvalue weighted by molar-refractivity contribution is 0.0745. The Morgan fingerprint density at radius 1 is 0.969 bits per heavy atom. The van der Waals surface area contributed by atoms with Crippen molar-refractivity contribution in [2.45, 2.75) is 19.4 Å². The molecule has 1 atom stereocenters. The molecular weight excluding hydrogens is 398 g/mol. The van der Waals surface area contributed by atoms with E-state index in [-0.39, 0.29) is 11.9 Å². The van der Waals surface area contributed by atoms with Gasteiger partial charge in [0.1, 0.15) is 11.4 Å². The fourth-order valence-electron chi connectivity index (χ4n) is 4.43. The number of hydrogen-bond donors (Lipinski definition) is 1. The molecule has 32 heavy (non-hydrogen) atoms. The maximum Gasteiger partial charge on any atom is 0.273 e. The van der Waals surface area contributed by atoms with Crippen molar-refractivity contribution < 1.29 is 9.53 Å². The number of fused-ring (bicyclic) bond motifs is 1. The lowest BCUT2D eigenvalue weighted by atomic mass is 9.95. The van der Waals surface area contributed by atoms with Gasteiger partial charge in [-0.15, -0.1) is 0 Å². The number of hydrogen-bond acceptors (Lipinski definition) is 3. The summed E-state index contributed by atoms with van der Waals surface area (Å²) in [5.41, 5.74) is 5.55. The molecule has 1 N–H and O–H groups in total. The number of aromatic amines is 1. The molecule has 0 aliphatic carbocycles. The van der Waals surface area contributed by atoms with Crippen LogP contribution in [0.5, 0.6) is 5.75 Å². The highest BCUT2D eigenvalue weighted by Crippen LogP contribution is 2.43. The van der Waals surface area contributed by atoms with Crippen molar-refractivity contribution in [3.63, 3.8) is 0 Å². The molecule has 5 heteroatoms. The van der Waals surface area contributed by atoms with E-state index in [1.807, 2.05) is 78.6 Å². The van der Waals surface area contributed by atoms with Crippen molar-refractivity contribution in [3.8, 4) is 17.0 Å². The first-order chi connectivity index (χ1) is 15.8. The first-order valence-corrected chi connectivity index (χ1v) is 11.0. The van der Waals surface area contributed by atoms with Crippen LogP contribution in [0.1, 0.15) is 40.1 Å². The molecule has 2 heterocycles. The number of benzene rings is 3. The molecule has 5 rings (SSSR count). The van der Waals surface area contributed by atoms with E-state index in [1.54, 1.807) is 0 Å². The first kappa shape index (κ1) is 20.1. The molecular formula is C27H25N3O2. The molecule has 0 fully saturated rings. The molecule has 1 aromatic heterocycles. The van der Waals surface area contributed by atoms with Gasteiger partial charge in [0.05, 0.1) is 18.3 Å². The zero-order valence-corrected chi connectivity index (χ0v) is 18.0. The molecule has 0 radical (unpaired) electrons. The number of rotatable bonds is 7. The van der Waals surface area contributed by atoms with Crippen LogP contribution in [0.15, 0.2) is 84.9 Å².